The van der Waals surface area contributed by atoms with Crippen LogP contribution in [0.5, 0.6) is 5.88 Å². The molecule has 3 aromatic rings. The van der Waals surface area contributed by atoms with E-state index in [-0.39, 0.29) is 20.2 Å². The van der Waals surface area contributed by atoms with Gasteiger partial charge in [-0.1, -0.05) is 0 Å². The topological polar surface area (TPSA) is 139 Å². The summed E-state index contributed by atoms with van der Waals surface area (Å²) in [5.41, 5.74) is 1.59. The van der Waals surface area contributed by atoms with Gasteiger partial charge in [-0.05, 0) is 0 Å². The van der Waals surface area contributed by atoms with E-state index in [0.29, 0.717) is 47.3 Å². The van der Waals surface area contributed by atoms with E-state index in [1.54, 1.807) is 30.7 Å². The van der Waals surface area contributed by atoms with Crippen LogP contribution in [-0.4, -0.2) is 54.5 Å². The van der Waals surface area contributed by atoms with Gasteiger partial charge in [-0.2, -0.15) is 0 Å². The van der Waals surface area contributed by atoms with Gasteiger partial charge in [-0.3, -0.25) is 0 Å². The Labute approximate surface area is 231 Å². The quantitative estimate of drug-likeness (QED) is 0.121. The Morgan fingerprint density at radius 1 is 1.34 bits per heavy atom. The number of halogens is 2. The van der Waals surface area contributed by atoms with Crippen LogP contribution in [0, 0.1) is 0 Å². The third kappa shape index (κ3) is 7.17. The summed E-state index contributed by atoms with van der Waals surface area (Å²) in [6.07, 6.45) is 7.60. The fraction of sp³-hybridized carbons (Fsp3) is 0.350. The number of sulfonamides is 1. The average Bonchev–Trinajstić information content (AvgIpc) is 3.57. The van der Waals surface area contributed by atoms with Crippen LogP contribution in [0.3, 0.4) is 0 Å². The van der Waals surface area contributed by atoms with Crippen LogP contribution < -0.4 is 36.3 Å². The summed E-state index contributed by atoms with van der Waals surface area (Å²) in [6.45, 7) is 2.34. The number of pyridine rings is 1. The number of anilines is 1. The monoisotopic (exact) mass is 742 g/mol. The number of carbonyl (C=O) groups excluding carboxylic acids is 1. The van der Waals surface area contributed by atoms with Gasteiger partial charge in [0.05, 0.1) is 0 Å². The predicted molar refractivity (Wildman–Crippen MR) is 136 cm³/mol. The van der Waals surface area contributed by atoms with Gasteiger partial charge in [0.15, 0.2) is 0 Å². The first-order chi connectivity index (χ1) is 16.7. The summed E-state index contributed by atoms with van der Waals surface area (Å²) in [4.78, 5) is 31.0. The number of aromatic nitrogens is 4. The molecule has 1 amide bonds. The van der Waals surface area contributed by atoms with Crippen LogP contribution in [0.25, 0.3) is 10.6 Å². The molecule has 2 N–H and O–H groups in total. The van der Waals surface area contributed by atoms with Crippen LogP contribution in [0.15, 0.2) is 36.9 Å². The Morgan fingerprint density at radius 3 is 2.86 bits per heavy atom. The number of thiazole rings is 1. The predicted octanol–water partition coefficient (Wildman–Crippen LogP) is 0.0123. The van der Waals surface area contributed by atoms with Crippen LogP contribution in [0.2, 0.25) is 0 Å². The molecular weight excluding hydrogens is 720 g/mol. The number of hydrogen-bond donors (Lipinski definition) is 2. The molecule has 0 bridgehead atoms. The Balaban J connectivity index is 1.51. The number of nitrogens with zero attached hydrogens (tertiary/aromatic N) is 5. The number of nitrogens with one attached hydrogen (secondary N) is 2. The maximum absolute atomic E-state index is 13.1. The van der Waals surface area contributed by atoms with Crippen molar-refractivity contribution in [3.8, 4) is 16.5 Å². The number of amides is 1. The van der Waals surface area contributed by atoms with Crippen molar-refractivity contribution in [2.24, 2.45) is 0 Å². The molecular formula is C20H22I2N7O4S2-. The number of rotatable bonds is 11. The fourth-order valence-corrected chi connectivity index (χ4v) is 8.30. The Kier molecular flexibility index (Phi) is 8.71. The minimum atomic E-state index is -3.40. The van der Waals surface area contributed by atoms with Gasteiger partial charge < -0.3 is 0 Å². The van der Waals surface area contributed by atoms with E-state index in [2.05, 4.69) is 52.8 Å². The zero-order valence-corrected chi connectivity index (χ0v) is 24.6. The summed E-state index contributed by atoms with van der Waals surface area (Å²) in [5, 5.41) is 2.96. The number of hydrogen-bond acceptors (Lipinski definition) is 10. The second kappa shape index (κ2) is 11.6. The van der Waals surface area contributed by atoms with E-state index >= 15 is 0 Å². The first-order valence-electron chi connectivity index (χ1n) is 10.5. The summed E-state index contributed by atoms with van der Waals surface area (Å²) >= 11 is 2.66. The van der Waals surface area contributed by atoms with Crippen LogP contribution in [-0.2, 0) is 10.0 Å². The summed E-state index contributed by atoms with van der Waals surface area (Å²) < 4.78 is 34.3. The normalized spacial score (nSPS) is 14.6. The number of alkyl halides is 1. The molecule has 1 aliphatic carbocycles. The molecule has 3 heterocycles. The van der Waals surface area contributed by atoms with E-state index in [4.69, 9.17) is 4.74 Å². The Morgan fingerprint density at radius 2 is 2.14 bits per heavy atom. The molecule has 15 heteroatoms. The first-order valence-corrected chi connectivity index (χ1v) is 16.0. The van der Waals surface area contributed by atoms with Crippen molar-refractivity contribution in [2.45, 2.75) is 29.1 Å². The molecule has 0 saturated heterocycles. The van der Waals surface area contributed by atoms with Gasteiger partial charge in [-0.15, -0.1) is 0 Å². The summed E-state index contributed by atoms with van der Waals surface area (Å²) in [6, 6.07) is 3.28. The maximum atomic E-state index is 13.1. The van der Waals surface area contributed by atoms with Crippen molar-refractivity contribution in [2.75, 3.05) is 18.4 Å². The van der Waals surface area contributed by atoms with Crippen molar-refractivity contribution >= 4 is 55.8 Å². The van der Waals surface area contributed by atoms with E-state index in [1.165, 1.54) is 17.5 Å². The third-order valence-electron chi connectivity index (χ3n) is 4.61. The summed E-state index contributed by atoms with van der Waals surface area (Å²) in [5.74, 6) is 0.0615. The van der Waals surface area contributed by atoms with Crippen molar-refractivity contribution in [1.82, 2.24) is 26.6 Å². The minimum absolute atomic E-state index is 0.277. The van der Waals surface area contributed by atoms with E-state index in [9.17, 15) is 13.2 Å². The van der Waals surface area contributed by atoms with Crippen LogP contribution >= 0.6 is 34.2 Å². The zero-order valence-electron chi connectivity index (χ0n) is 18.7. The van der Waals surface area contributed by atoms with Crippen molar-refractivity contribution in [1.29, 1.82) is 0 Å². The molecule has 1 saturated carbocycles. The fourth-order valence-electron chi connectivity index (χ4n) is 2.92. The molecule has 0 spiro atoms. The molecule has 35 heavy (non-hydrogen) atoms. The average molecular weight is 742 g/mol. The van der Waals surface area contributed by atoms with Gasteiger partial charge in [0.1, 0.15) is 0 Å². The molecule has 3 aromatic heterocycles. The molecule has 1 atom stereocenters. The summed E-state index contributed by atoms with van der Waals surface area (Å²) in [7, 11) is -1.48. The van der Waals surface area contributed by atoms with E-state index in [1.807, 2.05) is 15.3 Å². The van der Waals surface area contributed by atoms with Gasteiger partial charge in [0.25, 0.3) is 0 Å². The number of ether oxygens (including phenoxy) is 1. The SMILES string of the molecule is CCOc1cncc(-c2cnc(C(=O)NC([I-]N(C)I)c3cc(NS(=O)(=O)C4CC4)ccn3)s2)n1. The van der Waals surface area contributed by atoms with E-state index < -0.39 is 31.5 Å². The van der Waals surface area contributed by atoms with Gasteiger partial charge in [-0.25, -0.2) is 0 Å². The van der Waals surface area contributed by atoms with Crippen molar-refractivity contribution in [3.63, 3.8) is 0 Å². The van der Waals surface area contributed by atoms with Gasteiger partial charge in [0, 0.05) is 0 Å². The van der Waals surface area contributed by atoms with Crippen LogP contribution in [0.1, 0.15) is 39.3 Å². The van der Waals surface area contributed by atoms with Gasteiger partial charge >= 0.3 is 233 Å². The van der Waals surface area contributed by atoms with Gasteiger partial charge in [0.2, 0.25) is 0 Å². The molecule has 188 valence electrons. The molecule has 0 radical (unpaired) electrons. The molecule has 4 rings (SSSR count). The molecule has 1 fully saturated rings. The first kappa shape index (κ1) is 26.4. The molecule has 11 nitrogen and oxygen atoms in total. The molecule has 1 aliphatic rings. The third-order valence-corrected chi connectivity index (χ3v) is 11.2. The Bertz CT molecular complexity index is 1300. The van der Waals surface area contributed by atoms with Crippen molar-refractivity contribution in [3.05, 3.63) is 47.6 Å². The van der Waals surface area contributed by atoms with Crippen LogP contribution in [0.4, 0.5) is 5.69 Å². The second-order valence-electron chi connectivity index (χ2n) is 7.36. The van der Waals surface area contributed by atoms with Crippen molar-refractivity contribution < 1.29 is 39.4 Å². The second-order valence-corrected chi connectivity index (χ2v) is 16.9. The Hall–Kier alpha value is -1.70. The zero-order chi connectivity index (χ0) is 25.0. The molecule has 0 aliphatic heterocycles. The molecule has 0 aromatic carbocycles. The van der Waals surface area contributed by atoms with E-state index in [0.717, 1.165) is 0 Å². The molecule has 1 unspecified atom stereocenters. The number of carbonyl (C=O) groups is 1. The standard InChI is InChI=1S/C20H22I2N7O4S2/c1-3-33-17-11-23-9-15(26-17)16-10-25-20(34-16)19(30)27-18(22-29(2)21)14-8-12(6-7-24-14)28-35(31,32)13-4-5-13/h6-11,13,18H,3-5H2,1-2H3,(H,24,28)(H,27,30)/q-1.